The third kappa shape index (κ3) is 4.62. The van der Waals surface area contributed by atoms with Crippen molar-refractivity contribution in [2.45, 2.75) is 19.4 Å². The largest absolute Gasteiger partial charge is 0.322 e. The number of nitrogens with one attached hydrogen (secondary N) is 1. The van der Waals surface area contributed by atoms with Crippen molar-refractivity contribution in [2.75, 3.05) is 12.4 Å². The Hall–Kier alpha value is -3.42. The molecule has 1 heterocycles. The first-order valence-electron chi connectivity index (χ1n) is 10.6. The van der Waals surface area contributed by atoms with Crippen molar-refractivity contribution < 1.29 is 9.18 Å². The van der Waals surface area contributed by atoms with Crippen LogP contribution in [0.4, 0.5) is 14.9 Å². The van der Waals surface area contributed by atoms with E-state index >= 15 is 0 Å². The molecule has 4 aromatic rings. The molecule has 9 heteroatoms. The van der Waals surface area contributed by atoms with Crippen LogP contribution in [0.15, 0.2) is 71.5 Å². The Morgan fingerprint density at radius 3 is 2.47 bits per heavy atom. The summed E-state index contributed by atoms with van der Waals surface area (Å²) in [6, 6.07) is 16.4. The van der Waals surface area contributed by atoms with Gasteiger partial charge in [-0.1, -0.05) is 42.3 Å². The van der Waals surface area contributed by atoms with Crippen LogP contribution >= 0.6 is 23.2 Å². The zero-order valence-corrected chi connectivity index (χ0v) is 19.9. The maximum absolute atomic E-state index is 13.6. The Bertz CT molecular complexity index is 1420. The lowest BCUT2D eigenvalue weighted by atomic mass is 10.1. The van der Waals surface area contributed by atoms with Crippen molar-refractivity contribution in [1.29, 1.82) is 0 Å². The summed E-state index contributed by atoms with van der Waals surface area (Å²) in [7, 11) is 1.62. The van der Waals surface area contributed by atoms with Crippen LogP contribution in [0.5, 0.6) is 0 Å². The Morgan fingerprint density at radius 2 is 1.79 bits per heavy atom. The summed E-state index contributed by atoms with van der Waals surface area (Å²) in [5.74, 6) is -0.0538. The number of halogens is 3. The predicted molar refractivity (Wildman–Crippen MR) is 134 cm³/mol. The topological polar surface area (TPSA) is 67.2 Å². The van der Waals surface area contributed by atoms with Gasteiger partial charge in [-0.3, -0.25) is 9.36 Å². The minimum Gasteiger partial charge on any atom is -0.317 e. The lowest BCUT2D eigenvalue weighted by molar-refractivity contribution is 0.199. The molecule has 6 nitrogen and oxygen atoms in total. The summed E-state index contributed by atoms with van der Waals surface area (Å²) in [6.45, 7) is 1.89. The number of para-hydroxylation sites is 1. The molecule has 0 saturated carbocycles. The van der Waals surface area contributed by atoms with Crippen LogP contribution in [-0.2, 0) is 0 Å². The molecule has 0 fully saturated rings. The molecule has 3 aromatic carbocycles. The van der Waals surface area contributed by atoms with Crippen molar-refractivity contribution in [3.05, 3.63) is 98.8 Å². The van der Waals surface area contributed by atoms with Gasteiger partial charge < -0.3 is 10.2 Å². The van der Waals surface area contributed by atoms with Crippen molar-refractivity contribution in [2.24, 2.45) is 0 Å². The smallest absolute Gasteiger partial charge is 0.317 e. The van der Waals surface area contributed by atoms with Crippen molar-refractivity contribution >= 4 is 45.8 Å². The van der Waals surface area contributed by atoms with E-state index in [1.165, 1.54) is 33.7 Å². The quantitative estimate of drug-likeness (QED) is 0.343. The lowest BCUT2D eigenvalue weighted by Gasteiger charge is -2.29. The second-order valence-electron chi connectivity index (χ2n) is 7.70. The first kappa shape index (κ1) is 23.7. The molecule has 0 aliphatic heterocycles. The van der Waals surface area contributed by atoms with Gasteiger partial charge in [0.05, 0.1) is 32.7 Å². The van der Waals surface area contributed by atoms with E-state index in [1.54, 1.807) is 49.5 Å². The average molecular weight is 499 g/mol. The van der Waals surface area contributed by atoms with Crippen LogP contribution in [0.25, 0.3) is 16.6 Å². The molecule has 1 unspecified atom stereocenters. The van der Waals surface area contributed by atoms with Crippen LogP contribution < -0.4 is 10.9 Å². The van der Waals surface area contributed by atoms with Crippen molar-refractivity contribution in [3.8, 4) is 5.69 Å². The summed E-state index contributed by atoms with van der Waals surface area (Å²) < 4.78 is 15.0. The van der Waals surface area contributed by atoms with E-state index in [9.17, 15) is 14.0 Å². The molecule has 0 radical (unpaired) electrons. The zero-order valence-electron chi connectivity index (χ0n) is 18.4. The third-order valence-corrected chi connectivity index (χ3v) is 6.27. The van der Waals surface area contributed by atoms with Crippen LogP contribution in [0.3, 0.4) is 0 Å². The molecule has 0 aliphatic rings. The number of rotatable bonds is 5. The molecular formula is C25H21Cl2FN4O2. The third-order valence-electron chi connectivity index (χ3n) is 5.53. The second kappa shape index (κ2) is 9.83. The first-order valence-corrected chi connectivity index (χ1v) is 11.3. The molecule has 4 rings (SSSR count). The average Bonchev–Trinajstić information content (AvgIpc) is 2.83. The van der Waals surface area contributed by atoms with E-state index in [0.717, 1.165) is 0 Å². The first-order chi connectivity index (χ1) is 16.3. The lowest BCUT2D eigenvalue weighted by Crippen LogP contribution is -2.38. The Balaban J connectivity index is 1.80. The van der Waals surface area contributed by atoms with Gasteiger partial charge in [-0.2, -0.15) is 0 Å². The Morgan fingerprint density at radius 1 is 1.09 bits per heavy atom. The van der Waals surface area contributed by atoms with Crippen LogP contribution in [0.1, 0.15) is 25.2 Å². The number of fused-ring (bicyclic) bond motifs is 1. The molecular weight excluding hydrogens is 478 g/mol. The molecule has 2 amide bonds. The number of benzene rings is 3. The van der Waals surface area contributed by atoms with Gasteiger partial charge in [-0.25, -0.2) is 14.2 Å². The van der Waals surface area contributed by atoms with Gasteiger partial charge in [-0.05, 0) is 61.0 Å². The minimum absolute atomic E-state index is 0.302. The van der Waals surface area contributed by atoms with Gasteiger partial charge >= 0.3 is 6.03 Å². The number of hydrogen-bond acceptors (Lipinski definition) is 3. The van der Waals surface area contributed by atoms with Gasteiger partial charge in [0, 0.05) is 12.7 Å². The Kier molecular flexibility index (Phi) is 6.86. The molecule has 0 saturated heterocycles. The van der Waals surface area contributed by atoms with Crippen LogP contribution in [0, 0.1) is 5.82 Å². The predicted octanol–water partition coefficient (Wildman–Crippen LogP) is 6.45. The molecule has 34 heavy (non-hydrogen) atoms. The van der Waals surface area contributed by atoms with Crippen LogP contribution in [-0.4, -0.2) is 27.5 Å². The highest BCUT2D eigenvalue weighted by molar-refractivity contribution is 6.42. The molecule has 0 bridgehead atoms. The van der Waals surface area contributed by atoms with E-state index in [4.69, 9.17) is 28.2 Å². The SMILES string of the molecule is CCC(c1nc2ccccc2c(=O)n1-c1ccc(F)cc1)N(C)C(=O)Nc1ccc(Cl)c(Cl)c1. The maximum Gasteiger partial charge on any atom is 0.322 e. The standard InChI is InChI=1S/C25H21Cl2FN4O2/c1-3-22(31(2)25(34)29-16-10-13-19(26)20(27)14-16)23-30-21-7-5-4-6-18(21)24(33)32(23)17-11-8-15(28)9-12-17/h4-14,22H,3H2,1-2H3,(H,29,34). The highest BCUT2D eigenvalue weighted by Crippen LogP contribution is 2.28. The van der Waals surface area contributed by atoms with E-state index in [-0.39, 0.29) is 5.56 Å². The highest BCUT2D eigenvalue weighted by atomic mass is 35.5. The fraction of sp³-hybridized carbons (Fsp3) is 0.160. The Labute approximate surface area is 205 Å². The number of nitrogens with zero attached hydrogens (tertiary/aromatic N) is 3. The summed E-state index contributed by atoms with van der Waals surface area (Å²) >= 11 is 12.0. The highest BCUT2D eigenvalue weighted by Gasteiger charge is 2.26. The molecule has 174 valence electrons. The molecule has 1 aromatic heterocycles. The van der Waals surface area contributed by atoms with Gasteiger partial charge in [0.15, 0.2) is 0 Å². The number of urea groups is 1. The monoisotopic (exact) mass is 498 g/mol. The summed E-state index contributed by atoms with van der Waals surface area (Å²) in [6.07, 6.45) is 0.470. The second-order valence-corrected chi connectivity index (χ2v) is 8.51. The summed E-state index contributed by atoms with van der Waals surface area (Å²) in [5, 5.41) is 3.91. The van der Waals surface area contributed by atoms with E-state index < -0.39 is 17.9 Å². The number of anilines is 1. The normalized spacial score (nSPS) is 11.9. The van der Waals surface area contributed by atoms with Gasteiger partial charge in [0.25, 0.3) is 5.56 Å². The number of amides is 2. The van der Waals surface area contributed by atoms with Gasteiger partial charge in [0.1, 0.15) is 11.6 Å². The number of aromatic nitrogens is 2. The van der Waals surface area contributed by atoms with E-state index in [2.05, 4.69) is 5.32 Å². The van der Waals surface area contributed by atoms with E-state index in [1.807, 2.05) is 6.92 Å². The molecule has 1 N–H and O–H groups in total. The number of hydrogen-bond donors (Lipinski definition) is 1. The number of carbonyl (C=O) groups is 1. The summed E-state index contributed by atoms with van der Waals surface area (Å²) in [5.41, 5.74) is 1.14. The molecule has 1 atom stereocenters. The zero-order chi connectivity index (χ0) is 24.4. The summed E-state index contributed by atoms with van der Waals surface area (Å²) in [4.78, 5) is 32.8. The molecule has 0 spiro atoms. The van der Waals surface area contributed by atoms with Crippen LogP contribution in [0.2, 0.25) is 10.0 Å². The fourth-order valence-corrected chi connectivity index (χ4v) is 4.07. The van der Waals surface area contributed by atoms with Crippen molar-refractivity contribution in [1.82, 2.24) is 14.5 Å². The minimum atomic E-state index is -0.565. The van der Waals surface area contributed by atoms with Crippen molar-refractivity contribution in [3.63, 3.8) is 0 Å². The molecule has 0 aliphatic carbocycles. The fourth-order valence-electron chi connectivity index (χ4n) is 3.77. The van der Waals surface area contributed by atoms with Gasteiger partial charge in [-0.15, -0.1) is 0 Å². The number of carbonyl (C=O) groups excluding carboxylic acids is 1. The maximum atomic E-state index is 13.6. The van der Waals surface area contributed by atoms with E-state index in [0.29, 0.717) is 44.6 Å². The van der Waals surface area contributed by atoms with Gasteiger partial charge in [0.2, 0.25) is 0 Å².